The summed E-state index contributed by atoms with van der Waals surface area (Å²) in [5, 5.41) is 15.2. The second kappa shape index (κ2) is 4.74. The van der Waals surface area contributed by atoms with Gasteiger partial charge in [0.1, 0.15) is 5.75 Å². The van der Waals surface area contributed by atoms with Gasteiger partial charge in [0.05, 0.1) is 30.5 Å². The maximum atomic E-state index is 9.56. The molecule has 19 heavy (non-hydrogen) atoms. The van der Waals surface area contributed by atoms with Gasteiger partial charge in [-0.3, -0.25) is 4.68 Å². The van der Waals surface area contributed by atoms with E-state index >= 15 is 0 Å². The number of rotatable bonds is 2. The Morgan fingerprint density at radius 2 is 2.05 bits per heavy atom. The van der Waals surface area contributed by atoms with Gasteiger partial charge in [-0.15, -0.1) is 0 Å². The van der Waals surface area contributed by atoms with Gasteiger partial charge in [-0.25, -0.2) is 0 Å². The molecular weight excluding hydrogens is 242 g/mol. The normalized spacial score (nSPS) is 23.7. The van der Waals surface area contributed by atoms with Gasteiger partial charge in [-0.2, -0.15) is 5.10 Å². The van der Waals surface area contributed by atoms with E-state index in [2.05, 4.69) is 5.10 Å². The number of methoxy groups -OCH3 is 1. The Hall–Kier alpha value is -1.75. The average Bonchev–Trinajstić information content (AvgIpc) is 2.81. The molecule has 1 aliphatic rings. The molecule has 1 aromatic heterocycles. The molecule has 1 aliphatic carbocycles. The lowest BCUT2D eigenvalue weighted by atomic mass is 9.93. The van der Waals surface area contributed by atoms with Crippen LogP contribution in [0.4, 0.5) is 5.69 Å². The second-order valence-corrected chi connectivity index (χ2v) is 5.22. The average molecular weight is 261 g/mol. The summed E-state index contributed by atoms with van der Waals surface area (Å²) in [6, 6.07) is 4.15. The number of nitrogens with two attached hydrogens (primary N) is 1. The third kappa shape index (κ3) is 2.26. The van der Waals surface area contributed by atoms with Crippen LogP contribution in [0.25, 0.3) is 10.9 Å². The molecule has 3 N–H and O–H groups in total. The van der Waals surface area contributed by atoms with Gasteiger partial charge in [0.15, 0.2) is 0 Å². The first-order valence-electron chi connectivity index (χ1n) is 6.68. The molecule has 3 rings (SSSR count). The number of ether oxygens (including phenoxy) is 1. The molecule has 0 aliphatic heterocycles. The molecule has 1 heterocycles. The van der Waals surface area contributed by atoms with E-state index in [1.807, 2.05) is 23.0 Å². The third-order valence-electron chi connectivity index (χ3n) is 3.91. The molecule has 0 atom stereocenters. The van der Waals surface area contributed by atoms with Crippen molar-refractivity contribution in [2.75, 3.05) is 12.8 Å². The number of fused-ring (bicyclic) bond motifs is 1. The Labute approximate surface area is 112 Å². The third-order valence-corrected chi connectivity index (χ3v) is 3.91. The van der Waals surface area contributed by atoms with Gasteiger partial charge in [0.2, 0.25) is 0 Å². The minimum Gasteiger partial charge on any atom is -0.495 e. The minimum absolute atomic E-state index is 0.142. The van der Waals surface area contributed by atoms with Crippen molar-refractivity contribution in [3.63, 3.8) is 0 Å². The second-order valence-electron chi connectivity index (χ2n) is 5.22. The van der Waals surface area contributed by atoms with Crippen molar-refractivity contribution in [3.05, 3.63) is 18.3 Å². The van der Waals surface area contributed by atoms with E-state index in [1.54, 1.807) is 7.11 Å². The highest BCUT2D eigenvalue weighted by atomic mass is 16.5. The Morgan fingerprint density at radius 3 is 2.74 bits per heavy atom. The molecule has 1 fully saturated rings. The van der Waals surface area contributed by atoms with Crippen LogP contribution in [0, 0.1) is 0 Å². The Bertz CT molecular complexity index is 586. The van der Waals surface area contributed by atoms with Crippen LogP contribution >= 0.6 is 0 Å². The first-order valence-corrected chi connectivity index (χ1v) is 6.68. The molecule has 0 spiro atoms. The molecule has 5 nitrogen and oxygen atoms in total. The lowest BCUT2D eigenvalue weighted by molar-refractivity contribution is 0.108. The summed E-state index contributed by atoms with van der Waals surface area (Å²) >= 11 is 0. The zero-order valence-corrected chi connectivity index (χ0v) is 11.0. The van der Waals surface area contributed by atoms with Crippen LogP contribution in [0.2, 0.25) is 0 Å². The first-order chi connectivity index (χ1) is 9.17. The lowest BCUT2D eigenvalue weighted by Gasteiger charge is -2.25. The smallest absolute Gasteiger partial charge is 0.144 e. The minimum atomic E-state index is -0.142. The molecule has 0 unspecified atom stereocenters. The molecule has 0 bridgehead atoms. The van der Waals surface area contributed by atoms with Gasteiger partial charge in [-0.05, 0) is 31.7 Å². The topological polar surface area (TPSA) is 73.3 Å². The Morgan fingerprint density at radius 1 is 1.32 bits per heavy atom. The molecule has 1 aromatic carbocycles. The van der Waals surface area contributed by atoms with Gasteiger partial charge < -0.3 is 15.6 Å². The highest BCUT2D eigenvalue weighted by Crippen LogP contribution is 2.31. The van der Waals surface area contributed by atoms with Crippen LogP contribution in [-0.4, -0.2) is 28.1 Å². The summed E-state index contributed by atoms with van der Waals surface area (Å²) in [6.45, 7) is 0. The van der Waals surface area contributed by atoms with Crippen LogP contribution in [0.3, 0.4) is 0 Å². The zero-order chi connectivity index (χ0) is 13.4. The highest BCUT2D eigenvalue weighted by Gasteiger charge is 2.21. The molecular formula is C14H19N3O2. The molecule has 0 amide bonds. The van der Waals surface area contributed by atoms with Gasteiger partial charge in [-0.1, -0.05) is 0 Å². The van der Waals surface area contributed by atoms with Crippen molar-refractivity contribution in [2.24, 2.45) is 0 Å². The van der Waals surface area contributed by atoms with E-state index in [4.69, 9.17) is 10.5 Å². The fourth-order valence-corrected chi connectivity index (χ4v) is 2.78. The quantitative estimate of drug-likeness (QED) is 0.812. The summed E-state index contributed by atoms with van der Waals surface area (Å²) in [5.74, 6) is 0.664. The highest BCUT2D eigenvalue weighted by molar-refractivity contribution is 5.84. The van der Waals surface area contributed by atoms with Crippen molar-refractivity contribution in [1.82, 2.24) is 9.78 Å². The number of aliphatic hydroxyl groups is 1. The maximum Gasteiger partial charge on any atom is 0.144 e. The van der Waals surface area contributed by atoms with Crippen molar-refractivity contribution in [1.29, 1.82) is 0 Å². The number of nitrogens with zero attached hydrogens (tertiary/aromatic N) is 2. The SMILES string of the molecule is COc1cc2nn([C@H]3CC[C@H](O)CC3)cc2cc1N. The first kappa shape index (κ1) is 12.3. The lowest BCUT2D eigenvalue weighted by Crippen LogP contribution is -2.21. The predicted molar refractivity (Wildman–Crippen MR) is 74.2 cm³/mol. The molecule has 2 aromatic rings. The van der Waals surface area contributed by atoms with E-state index in [-0.39, 0.29) is 6.10 Å². The number of aromatic nitrogens is 2. The summed E-state index contributed by atoms with van der Waals surface area (Å²) in [7, 11) is 1.61. The number of benzene rings is 1. The predicted octanol–water partition coefficient (Wildman–Crippen LogP) is 2.10. The Balaban J connectivity index is 1.93. The van der Waals surface area contributed by atoms with Gasteiger partial charge in [0, 0.05) is 17.6 Å². The van der Waals surface area contributed by atoms with Crippen LogP contribution in [-0.2, 0) is 0 Å². The van der Waals surface area contributed by atoms with E-state index in [1.165, 1.54) is 0 Å². The number of nitrogen functional groups attached to an aromatic ring is 1. The number of anilines is 1. The Kier molecular flexibility index (Phi) is 3.06. The van der Waals surface area contributed by atoms with E-state index in [0.717, 1.165) is 36.6 Å². The fraction of sp³-hybridized carbons (Fsp3) is 0.500. The summed E-state index contributed by atoms with van der Waals surface area (Å²) in [5.41, 5.74) is 7.44. The standard InChI is InChI=1S/C14H19N3O2/c1-19-14-7-13-9(6-12(14)15)8-17(16-13)10-2-4-11(18)5-3-10/h6-8,10-11,18H,2-5,15H2,1H3/t10-,11-. The number of hydrogen-bond acceptors (Lipinski definition) is 4. The summed E-state index contributed by atoms with van der Waals surface area (Å²) in [6.07, 6.45) is 5.55. The number of hydrogen-bond donors (Lipinski definition) is 2. The molecule has 5 heteroatoms. The molecule has 102 valence electrons. The van der Waals surface area contributed by atoms with Crippen molar-refractivity contribution in [2.45, 2.75) is 37.8 Å². The van der Waals surface area contributed by atoms with E-state index in [9.17, 15) is 5.11 Å². The zero-order valence-electron chi connectivity index (χ0n) is 11.0. The van der Waals surface area contributed by atoms with Crippen molar-refractivity contribution in [3.8, 4) is 5.75 Å². The fourth-order valence-electron chi connectivity index (χ4n) is 2.78. The van der Waals surface area contributed by atoms with Crippen molar-refractivity contribution < 1.29 is 9.84 Å². The van der Waals surface area contributed by atoms with Crippen LogP contribution in [0.15, 0.2) is 18.3 Å². The van der Waals surface area contributed by atoms with E-state index in [0.29, 0.717) is 17.5 Å². The molecule has 0 saturated heterocycles. The largest absolute Gasteiger partial charge is 0.495 e. The summed E-state index contributed by atoms with van der Waals surface area (Å²) in [4.78, 5) is 0. The van der Waals surface area contributed by atoms with Crippen LogP contribution in [0.1, 0.15) is 31.7 Å². The maximum absolute atomic E-state index is 9.56. The summed E-state index contributed by atoms with van der Waals surface area (Å²) < 4.78 is 7.22. The monoisotopic (exact) mass is 261 g/mol. The molecule has 0 radical (unpaired) electrons. The molecule has 1 saturated carbocycles. The van der Waals surface area contributed by atoms with Crippen molar-refractivity contribution >= 4 is 16.6 Å². The van der Waals surface area contributed by atoms with E-state index < -0.39 is 0 Å². The van der Waals surface area contributed by atoms with Gasteiger partial charge >= 0.3 is 0 Å². The van der Waals surface area contributed by atoms with Gasteiger partial charge in [0.25, 0.3) is 0 Å². The van der Waals surface area contributed by atoms with Crippen LogP contribution < -0.4 is 10.5 Å². The number of aliphatic hydroxyl groups excluding tert-OH is 1. The van der Waals surface area contributed by atoms with Crippen LogP contribution in [0.5, 0.6) is 5.75 Å².